The second-order valence-corrected chi connectivity index (χ2v) is 6.88. The van der Waals surface area contributed by atoms with E-state index in [1.807, 2.05) is 0 Å². The third-order valence-electron chi connectivity index (χ3n) is 3.73. The van der Waals surface area contributed by atoms with E-state index >= 15 is 0 Å². The van der Waals surface area contributed by atoms with Gasteiger partial charge in [0.25, 0.3) is 11.1 Å². The van der Waals surface area contributed by atoms with Crippen LogP contribution in [0.2, 0.25) is 5.02 Å². The van der Waals surface area contributed by atoms with Crippen LogP contribution in [0, 0.1) is 0 Å². The molecule has 0 aromatic heterocycles. The molecule has 1 aliphatic heterocycles. The molecule has 0 unspecified atom stereocenters. The van der Waals surface area contributed by atoms with Gasteiger partial charge in [0.2, 0.25) is 0 Å². The molecule has 27 heavy (non-hydrogen) atoms. The number of para-hydroxylation sites is 1. The molecule has 1 fully saturated rings. The molecule has 1 aliphatic rings. The van der Waals surface area contributed by atoms with Gasteiger partial charge in [-0.3, -0.25) is 9.59 Å². The standard InChI is InChI=1S/C20H16ClNO4S/c1-3-10-26-16-9-8-13(11-17(16)25-2)12-18-19(23)22(20(24)27-18)15-7-5-4-6-14(15)21/h3-9,11-12H,1,10H2,2H3/b18-12-. The third kappa shape index (κ3) is 4.02. The monoisotopic (exact) mass is 401 g/mol. The summed E-state index contributed by atoms with van der Waals surface area (Å²) >= 11 is 7.00. The maximum atomic E-state index is 12.7. The molecule has 0 N–H and O–H groups in total. The lowest BCUT2D eigenvalue weighted by Gasteiger charge is -2.13. The topological polar surface area (TPSA) is 55.8 Å². The van der Waals surface area contributed by atoms with Gasteiger partial charge in [0.15, 0.2) is 11.5 Å². The highest BCUT2D eigenvalue weighted by Crippen LogP contribution is 2.39. The van der Waals surface area contributed by atoms with Gasteiger partial charge in [0.05, 0.1) is 22.7 Å². The van der Waals surface area contributed by atoms with E-state index in [1.54, 1.807) is 54.6 Å². The minimum absolute atomic E-state index is 0.307. The van der Waals surface area contributed by atoms with Crippen LogP contribution in [0.25, 0.3) is 6.08 Å². The minimum Gasteiger partial charge on any atom is -0.493 e. The molecule has 138 valence electrons. The Labute approximate surface area is 166 Å². The summed E-state index contributed by atoms with van der Waals surface area (Å²) in [6.07, 6.45) is 3.28. The van der Waals surface area contributed by atoms with Gasteiger partial charge in [-0.2, -0.15) is 0 Å². The normalized spacial score (nSPS) is 15.3. The number of rotatable bonds is 6. The van der Waals surface area contributed by atoms with Crippen LogP contribution in [-0.2, 0) is 4.79 Å². The molecule has 0 spiro atoms. The number of halogens is 1. The van der Waals surface area contributed by atoms with Gasteiger partial charge >= 0.3 is 0 Å². The highest BCUT2D eigenvalue weighted by atomic mass is 35.5. The Hall–Kier alpha value is -2.70. The molecule has 0 bridgehead atoms. The summed E-state index contributed by atoms with van der Waals surface area (Å²) in [5, 5.41) is -0.0521. The van der Waals surface area contributed by atoms with Crippen LogP contribution in [-0.4, -0.2) is 24.9 Å². The summed E-state index contributed by atoms with van der Waals surface area (Å²) in [4.78, 5) is 26.5. The Balaban J connectivity index is 1.90. The van der Waals surface area contributed by atoms with Crippen molar-refractivity contribution in [2.45, 2.75) is 0 Å². The highest BCUT2D eigenvalue weighted by molar-refractivity contribution is 8.19. The van der Waals surface area contributed by atoms with Crippen LogP contribution < -0.4 is 14.4 Å². The first kappa shape index (κ1) is 19.1. The number of ether oxygens (including phenoxy) is 2. The van der Waals surface area contributed by atoms with Crippen LogP contribution in [0.3, 0.4) is 0 Å². The van der Waals surface area contributed by atoms with E-state index in [9.17, 15) is 9.59 Å². The largest absolute Gasteiger partial charge is 0.493 e. The van der Waals surface area contributed by atoms with Crippen molar-refractivity contribution in [2.75, 3.05) is 18.6 Å². The number of imide groups is 1. The lowest BCUT2D eigenvalue weighted by Crippen LogP contribution is -2.27. The Morgan fingerprint density at radius 1 is 1.19 bits per heavy atom. The molecular formula is C20H16ClNO4S. The van der Waals surface area contributed by atoms with Crippen molar-refractivity contribution >= 4 is 46.3 Å². The fraction of sp³-hybridized carbons (Fsp3) is 0.100. The Morgan fingerprint density at radius 3 is 2.67 bits per heavy atom. The van der Waals surface area contributed by atoms with Crippen molar-refractivity contribution in [2.24, 2.45) is 0 Å². The zero-order valence-electron chi connectivity index (χ0n) is 14.5. The molecular weight excluding hydrogens is 386 g/mol. The van der Waals surface area contributed by atoms with Crippen molar-refractivity contribution in [3.63, 3.8) is 0 Å². The Morgan fingerprint density at radius 2 is 1.96 bits per heavy atom. The Kier molecular flexibility index (Phi) is 5.88. The lowest BCUT2D eigenvalue weighted by atomic mass is 10.2. The summed E-state index contributed by atoms with van der Waals surface area (Å²) in [5.41, 5.74) is 1.08. The fourth-order valence-corrected chi connectivity index (χ4v) is 3.56. The van der Waals surface area contributed by atoms with Crippen molar-refractivity contribution in [1.82, 2.24) is 0 Å². The van der Waals surface area contributed by atoms with E-state index in [0.717, 1.165) is 16.7 Å². The van der Waals surface area contributed by atoms with Gasteiger partial charge < -0.3 is 9.47 Å². The first-order valence-corrected chi connectivity index (χ1v) is 9.19. The van der Waals surface area contributed by atoms with E-state index < -0.39 is 11.1 Å². The van der Waals surface area contributed by atoms with Crippen LogP contribution >= 0.6 is 23.4 Å². The van der Waals surface area contributed by atoms with Crippen LogP contribution in [0.4, 0.5) is 10.5 Å². The van der Waals surface area contributed by atoms with E-state index in [-0.39, 0.29) is 0 Å². The molecule has 7 heteroatoms. The quantitative estimate of drug-likeness (QED) is 0.494. The number of amides is 2. The fourth-order valence-electron chi connectivity index (χ4n) is 2.50. The van der Waals surface area contributed by atoms with Crippen molar-refractivity contribution < 1.29 is 19.1 Å². The first-order valence-electron chi connectivity index (χ1n) is 7.99. The number of carbonyl (C=O) groups excluding carboxylic acids is 2. The minimum atomic E-state index is -0.413. The Bertz CT molecular complexity index is 941. The smallest absolute Gasteiger partial charge is 0.298 e. The summed E-state index contributed by atoms with van der Waals surface area (Å²) in [5.74, 6) is 0.679. The average molecular weight is 402 g/mol. The van der Waals surface area contributed by atoms with E-state index in [2.05, 4.69) is 6.58 Å². The molecule has 2 aromatic rings. The number of thioether (sulfide) groups is 1. The van der Waals surface area contributed by atoms with E-state index in [1.165, 1.54) is 7.11 Å². The summed E-state index contributed by atoms with van der Waals surface area (Å²) in [6.45, 7) is 3.96. The van der Waals surface area contributed by atoms with Gasteiger partial charge in [0.1, 0.15) is 6.61 Å². The van der Waals surface area contributed by atoms with Crippen LogP contribution in [0.5, 0.6) is 11.5 Å². The zero-order chi connectivity index (χ0) is 19.4. The highest BCUT2D eigenvalue weighted by Gasteiger charge is 2.37. The maximum Gasteiger partial charge on any atom is 0.298 e. The average Bonchev–Trinajstić information content (AvgIpc) is 2.94. The predicted molar refractivity (Wildman–Crippen MR) is 109 cm³/mol. The molecule has 0 radical (unpaired) electrons. The summed E-state index contributed by atoms with van der Waals surface area (Å²) in [7, 11) is 1.53. The van der Waals surface area contributed by atoms with Gasteiger partial charge in [-0.15, -0.1) is 0 Å². The predicted octanol–water partition coefficient (Wildman–Crippen LogP) is 5.15. The van der Waals surface area contributed by atoms with Gasteiger partial charge in [0, 0.05) is 0 Å². The molecule has 0 aliphatic carbocycles. The SMILES string of the molecule is C=CCOc1ccc(/C=C2\SC(=O)N(c3ccccc3Cl)C2=O)cc1OC. The number of hydrogen-bond acceptors (Lipinski definition) is 5. The molecule has 1 heterocycles. The van der Waals surface area contributed by atoms with Crippen molar-refractivity contribution in [3.8, 4) is 11.5 Å². The van der Waals surface area contributed by atoms with Crippen molar-refractivity contribution in [1.29, 1.82) is 0 Å². The van der Waals surface area contributed by atoms with Gasteiger partial charge in [-0.05, 0) is 47.7 Å². The molecule has 2 amide bonds. The number of carbonyl (C=O) groups is 2. The number of hydrogen-bond donors (Lipinski definition) is 0. The molecule has 5 nitrogen and oxygen atoms in total. The third-order valence-corrected chi connectivity index (χ3v) is 4.92. The zero-order valence-corrected chi connectivity index (χ0v) is 16.0. The molecule has 0 atom stereocenters. The number of benzene rings is 2. The molecule has 0 saturated carbocycles. The van der Waals surface area contributed by atoms with Crippen LogP contribution in [0.1, 0.15) is 5.56 Å². The van der Waals surface area contributed by atoms with E-state index in [0.29, 0.717) is 39.3 Å². The van der Waals surface area contributed by atoms with Crippen LogP contribution in [0.15, 0.2) is 60.0 Å². The van der Waals surface area contributed by atoms with Gasteiger partial charge in [-0.1, -0.05) is 42.5 Å². The second kappa shape index (κ2) is 8.33. The second-order valence-electron chi connectivity index (χ2n) is 5.48. The summed E-state index contributed by atoms with van der Waals surface area (Å²) < 4.78 is 10.8. The van der Waals surface area contributed by atoms with Gasteiger partial charge in [-0.25, -0.2) is 4.90 Å². The molecule has 1 saturated heterocycles. The van der Waals surface area contributed by atoms with Crippen molar-refractivity contribution in [3.05, 3.63) is 70.6 Å². The number of nitrogens with zero attached hydrogens (tertiary/aromatic N) is 1. The molecule has 3 rings (SSSR count). The number of methoxy groups -OCH3 is 1. The maximum absolute atomic E-state index is 12.7. The number of anilines is 1. The lowest BCUT2D eigenvalue weighted by molar-refractivity contribution is -0.113. The summed E-state index contributed by atoms with van der Waals surface area (Å²) in [6, 6.07) is 12.0. The molecule has 2 aromatic carbocycles. The first-order chi connectivity index (χ1) is 13.0. The van der Waals surface area contributed by atoms with E-state index in [4.69, 9.17) is 21.1 Å².